The lowest BCUT2D eigenvalue weighted by atomic mass is 9.85. The molecule has 0 radical (unpaired) electrons. The van der Waals surface area contributed by atoms with E-state index in [1.807, 2.05) is 68.5 Å². The van der Waals surface area contributed by atoms with Gasteiger partial charge in [0.2, 0.25) is 0 Å². The monoisotopic (exact) mass is 509 g/mol. The van der Waals surface area contributed by atoms with E-state index in [9.17, 15) is 10.1 Å². The summed E-state index contributed by atoms with van der Waals surface area (Å²) in [7, 11) is 0. The van der Waals surface area contributed by atoms with Crippen LogP contribution in [0.4, 0.5) is 11.4 Å². The van der Waals surface area contributed by atoms with Crippen molar-refractivity contribution in [2.24, 2.45) is 0 Å². The maximum atomic E-state index is 13.1. The van der Waals surface area contributed by atoms with Gasteiger partial charge >= 0.3 is 0 Å². The van der Waals surface area contributed by atoms with Crippen molar-refractivity contribution < 1.29 is 14.3 Å². The van der Waals surface area contributed by atoms with Crippen molar-refractivity contribution in [1.29, 1.82) is 5.26 Å². The topological polar surface area (TPSA) is 99.5 Å². The van der Waals surface area contributed by atoms with Crippen LogP contribution in [0.1, 0.15) is 47.3 Å². The molecule has 2 aliphatic rings. The van der Waals surface area contributed by atoms with Crippen LogP contribution in [0, 0.1) is 18.3 Å². The molecular formula is C30H31N5O3. The van der Waals surface area contributed by atoms with Crippen LogP contribution in [0.2, 0.25) is 0 Å². The first-order valence-corrected chi connectivity index (χ1v) is 12.7. The SMILES string of the molecule is Cc1ccc(NC(=O)c2cccc(C(C)(C)C#N)c2)cc1N1C=C(c2cnccc2OC2CCOC2)CN1. The molecule has 1 fully saturated rings. The van der Waals surface area contributed by atoms with Gasteiger partial charge in [0.05, 0.1) is 30.4 Å². The number of pyridine rings is 1. The molecule has 3 heterocycles. The number of carbonyl (C=O) groups excluding carboxylic acids is 1. The third-order valence-electron chi connectivity index (χ3n) is 6.89. The van der Waals surface area contributed by atoms with Crippen LogP contribution in [0.25, 0.3) is 5.57 Å². The predicted octanol–water partition coefficient (Wildman–Crippen LogP) is 4.98. The van der Waals surface area contributed by atoms with Gasteiger partial charge in [0.25, 0.3) is 5.91 Å². The number of aryl methyl sites for hydroxylation is 1. The highest BCUT2D eigenvalue weighted by atomic mass is 16.5. The number of benzene rings is 2. The van der Waals surface area contributed by atoms with Gasteiger partial charge in [0.1, 0.15) is 11.9 Å². The molecule has 194 valence electrons. The van der Waals surface area contributed by atoms with Gasteiger partial charge in [-0.2, -0.15) is 5.26 Å². The molecular weight excluding hydrogens is 478 g/mol. The molecule has 0 bridgehead atoms. The number of amides is 1. The van der Waals surface area contributed by atoms with E-state index in [0.717, 1.165) is 46.7 Å². The molecule has 1 unspecified atom stereocenters. The van der Waals surface area contributed by atoms with Crippen LogP contribution in [-0.4, -0.2) is 36.8 Å². The standard InChI is InChI=1S/C30H31N5O3/c1-20-7-8-24(34-29(36)21-5-4-6-23(13-21)30(2,3)19-31)14-27(20)35-17-22(15-33-35)26-16-32-11-9-28(26)38-25-10-12-37-18-25/h4-9,11,13-14,16-17,25,33H,10,12,15,18H2,1-3H3,(H,34,36). The molecule has 1 saturated heterocycles. The number of aromatic nitrogens is 1. The summed E-state index contributed by atoms with van der Waals surface area (Å²) in [5.41, 5.74) is 8.69. The van der Waals surface area contributed by atoms with Crippen LogP contribution in [0.5, 0.6) is 5.75 Å². The lowest BCUT2D eigenvalue weighted by Gasteiger charge is -2.20. The van der Waals surface area contributed by atoms with Gasteiger partial charge in [-0.15, -0.1) is 0 Å². The average molecular weight is 510 g/mol. The number of hydrogen-bond donors (Lipinski definition) is 2. The minimum absolute atomic E-state index is 0.0522. The third kappa shape index (κ3) is 5.40. The Morgan fingerprint density at radius 2 is 2.13 bits per heavy atom. The number of carbonyl (C=O) groups is 1. The van der Waals surface area contributed by atoms with Crippen molar-refractivity contribution in [3.05, 3.63) is 89.4 Å². The van der Waals surface area contributed by atoms with Crippen molar-refractivity contribution in [3.63, 3.8) is 0 Å². The lowest BCUT2D eigenvalue weighted by molar-refractivity contribution is 0.102. The molecule has 5 rings (SSSR count). The summed E-state index contributed by atoms with van der Waals surface area (Å²) in [6.07, 6.45) is 6.53. The minimum Gasteiger partial charge on any atom is -0.487 e. The molecule has 0 aliphatic carbocycles. The second kappa shape index (κ2) is 10.7. The quantitative estimate of drug-likeness (QED) is 0.464. The zero-order chi connectivity index (χ0) is 26.7. The van der Waals surface area contributed by atoms with Gasteiger partial charge in [-0.25, -0.2) is 5.43 Å². The number of hydrogen-bond acceptors (Lipinski definition) is 7. The molecule has 1 aromatic heterocycles. The molecule has 1 amide bonds. The van der Waals surface area contributed by atoms with E-state index < -0.39 is 5.41 Å². The van der Waals surface area contributed by atoms with Gasteiger partial charge in [0, 0.05) is 48.4 Å². The van der Waals surface area contributed by atoms with E-state index in [-0.39, 0.29) is 12.0 Å². The highest BCUT2D eigenvalue weighted by molar-refractivity contribution is 6.04. The van der Waals surface area contributed by atoms with E-state index >= 15 is 0 Å². The van der Waals surface area contributed by atoms with Crippen molar-refractivity contribution in [1.82, 2.24) is 10.4 Å². The number of ether oxygens (including phenoxy) is 2. The maximum absolute atomic E-state index is 13.1. The Morgan fingerprint density at radius 3 is 2.92 bits per heavy atom. The molecule has 3 aromatic rings. The van der Waals surface area contributed by atoms with Crippen molar-refractivity contribution in [2.45, 2.75) is 38.7 Å². The molecule has 2 aliphatic heterocycles. The number of rotatable bonds is 7. The molecule has 0 spiro atoms. The van der Waals surface area contributed by atoms with Gasteiger partial charge in [0.15, 0.2) is 0 Å². The summed E-state index contributed by atoms with van der Waals surface area (Å²) in [5.74, 6) is 0.569. The van der Waals surface area contributed by atoms with Crippen LogP contribution in [0.15, 0.2) is 67.1 Å². The third-order valence-corrected chi connectivity index (χ3v) is 6.89. The average Bonchev–Trinajstić information content (AvgIpc) is 3.63. The van der Waals surface area contributed by atoms with Crippen LogP contribution in [-0.2, 0) is 10.2 Å². The van der Waals surface area contributed by atoms with Crippen LogP contribution >= 0.6 is 0 Å². The smallest absolute Gasteiger partial charge is 0.255 e. The fourth-order valence-corrected chi connectivity index (χ4v) is 4.51. The first-order valence-electron chi connectivity index (χ1n) is 12.7. The molecule has 38 heavy (non-hydrogen) atoms. The van der Waals surface area contributed by atoms with E-state index in [2.05, 4.69) is 21.8 Å². The Bertz CT molecular complexity index is 1420. The summed E-state index contributed by atoms with van der Waals surface area (Å²) in [6, 6.07) is 17.2. The lowest BCUT2D eigenvalue weighted by Crippen LogP contribution is -2.29. The Hall–Kier alpha value is -4.19. The number of nitrogens with zero attached hydrogens (tertiary/aromatic N) is 3. The van der Waals surface area contributed by atoms with Crippen molar-refractivity contribution in [3.8, 4) is 11.8 Å². The summed E-state index contributed by atoms with van der Waals surface area (Å²) in [4.78, 5) is 17.4. The van der Waals surface area contributed by atoms with Gasteiger partial charge in [-0.05, 0) is 67.8 Å². The predicted molar refractivity (Wildman–Crippen MR) is 147 cm³/mol. The van der Waals surface area contributed by atoms with E-state index in [1.54, 1.807) is 24.4 Å². The number of anilines is 2. The van der Waals surface area contributed by atoms with Crippen LogP contribution < -0.4 is 20.5 Å². The molecule has 2 N–H and O–H groups in total. The number of nitriles is 1. The summed E-state index contributed by atoms with van der Waals surface area (Å²) >= 11 is 0. The number of hydrazine groups is 1. The second-order valence-electron chi connectivity index (χ2n) is 10.1. The fraction of sp³-hybridized carbons (Fsp3) is 0.300. The summed E-state index contributed by atoms with van der Waals surface area (Å²) in [5, 5.41) is 14.4. The summed E-state index contributed by atoms with van der Waals surface area (Å²) in [6.45, 7) is 7.64. The van der Waals surface area contributed by atoms with Crippen LogP contribution in [0.3, 0.4) is 0 Å². The zero-order valence-electron chi connectivity index (χ0n) is 21.8. The first-order chi connectivity index (χ1) is 18.3. The second-order valence-corrected chi connectivity index (χ2v) is 10.1. The Morgan fingerprint density at radius 1 is 1.26 bits per heavy atom. The molecule has 2 aromatic carbocycles. The molecule has 8 nitrogen and oxygen atoms in total. The van der Waals surface area contributed by atoms with E-state index in [4.69, 9.17) is 9.47 Å². The normalized spacial score (nSPS) is 17.2. The van der Waals surface area contributed by atoms with Gasteiger partial charge < -0.3 is 14.8 Å². The largest absolute Gasteiger partial charge is 0.487 e. The highest BCUT2D eigenvalue weighted by Crippen LogP contribution is 2.32. The fourth-order valence-electron chi connectivity index (χ4n) is 4.51. The Labute approximate surface area is 222 Å². The molecule has 8 heteroatoms. The zero-order valence-corrected chi connectivity index (χ0v) is 21.8. The molecule has 1 atom stereocenters. The van der Waals surface area contributed by atoms with Gasteiger partial charge in [-0.3, -0.25) is 14.8 Å². The van der Waals surface area contributed by atoms with Crippen molar-refractivity contribution >= 4 is 22.9 Å². The van der Waals surface area contributed by atoms with E-state index in [0.29, 0.717) is 24.4 Å². The van der Waals surface area contributed by atoms with Gasteiger partial charge in [-0.1, -0.05) is 18.2 Å². The maximum Gasteiger partial charge on any atom is 0.255 e. The Balaban J connectivity index is 1.35. The first kappa shape index (κ1) is 25.5. The highest BCUT2D eigenvalue weighted by Gasteiger charge is 2.24. The number of nitrogens with one attached hydrogen (secondary N) is 2. The Kier molecular flexibility index (Phi) is 7.14. The van der Waals surface area contributed by atoms with Crippen molar-refractivity contribution in [2.75, 3.05) is 30.1 Å². The molecule has 0 saturated carbocycles. The van der Waals surface area contributed by atoms with E-state index in [1.165, 1.54) is 0 Å². The minimum atomic E-state index is -0.678. The summed E-state index contributed by atoms with van der Waals surface area (Å²) < 4.78 is 11.7.